The van der Waals surface area contributed by atoms with Gasteiger partial charge in [0.25, 0.3) is 0 Å². The molecule has 0 aliphatic rings. The molecule has 0 saturated carbocycles. The second kappa shape index (κ2) is 5.24. The van der Waals surface area contributed by atoms with Gasteiger partial charge in [-0.15, -0.1) is 0 Å². The third kappa shape index (κ3) is 2.82. The Morgan fingerprint density at radius 1 is 1.33 bits per heavy atom. The Bertz CT molecular complexity index is 537. The van der Waals surface area contributed by atoms with Crippen LogP contribution in [0.25, 0.3) is 0 Å². The molecule has 3 nitrogen and oxygen atoms in total. The number of hydrogen-bond acceptors (Lipinski definition) is 2. The number of nitrogens with zero attached hydrogens (tertiary/aromatic N) is 2. The third-order valence-electron chi connectivity index (χ3n) is 3.08. The highest BCUT2D eigenvalue weighted by atomic mass is 79.9. The highest BCUT2D eigenvalue weighted by Crippen LogP contribution is 2.26. The Labute approximate surface area is 116 Å². The predicted molar refractivity (Wildman–Crippen MR) is 77.5 cm³/mol. The van der Waals surface area contributed by atoms with E-state index in [4.69, 9.17) is 5.73 Å². The van der Waals surface area contributed by atoms with Crippen molar-refractivity contribution < 1.29 is 0 Å². The molecule has 2 N–H and O–H groups in total. The molecule has 1 unspecified atom stereocenters. The fourth-order valence-electron chi connectivity index (χ4n) is 2.11. The van der Waals surface area contributed by atoms with Gasteiger partial charge in [-0.05, 0) is 36.6 Å². The molecule has 0 aliphatic carbocycles. The van der Waals surface area contributed by atoms with Crippen molar-refractivity contribution in [2.45, 2.75) is 26.3 Å². The Morgan fingerprint density at radius 2 is 1.94 bits per heavy atom. The summed E-state index contributed by atoms with van der Waals surface area (Å²) < 4.78 is 2.97. The molecule has 1 heterocycles. The van der Waals surface area contributed by atoms with Crippen molar-refractivity contribution in [1.82, 2.24) is 9.78 Å². The van der Waals surface area contributed by atoms with Crippen LogP contribution in [0.15, 0.2) is 28.9 Å². The molecule has 2 aromatic rings. The second-order valence-electron chi connectivity index (χ2n) is 4.76. The van der Waals surface area contributed by atoms with Crippen LogP contribution in [-0.4, -0.2) is 9.78 Å². The van der Waals surface area contributed by atoms with Crippen molar-refractivity contribution in [2.75, 3.05) is 0 Å². The Kier molecular flexibility index (Phi) is 3.88. The SMILES string of the molecule is Cc1cc(C(N)Cc2ccn(C)n2)cc(C)c1Br. The predicted octanol–water partition coefficient (Wildman–Crippen LogP) is 3.04. The van der Waals surface area contributed by atoms with Crippen molar-refractivity contribution in [3.63, 3.8) is 0 Å². The van der Waals surface area contributed by atoms with Crippen LogP contribution >= 0.6 is 15.9 Å². The van der Waals surface area contributed by atoms with Gasteiger partial charge in [-0.2, -0.15) is 5.10 Å². The number of rotatable bonds is 3. The average molecular weight is 308 g/mol. The van der Waals surface area contributed by atoms with E-state index in [0.717, 1.165) is 16.6 Å². The summed E-state index contributed by atoms with van der Waals surface area (Å²) in [4.78, 5) is 0. The summed E-state index contributed by atoms with van der Waals surface area (Å²) in [5.74, 6) is 0. The lowest BCUT2D eigenvalue weighted by Crippen LogP contribution is -2.14. The van der Waals surface area contributed by atoms with Crippen molar-refractivity contribution in [3.8, 4) is 0 Å². The zero-order chi connectivity index (χ0) is 13.3. The van der Waals surface area contributed by atoms with Gasteiger partial charge in [0, 0.05) is 30.2 Å². The molecule has 1 atom stereocenters. The van der Waals surface area contributed by atoms with Gasteiger partial charge in [-0.25, -0.2) is 0 Å². The number of nitrogens with two attached hydrogens (primary N) is 1. The lowest BCUT2D eigenvalue weighted by Gasteiger charge is -2.14. The molecule has 1 aromatic heterocycles. The van der Waals surface area contributed by atoms with Gasteiger partial charge in [0.05, 0.1) is 5.69 Å². The molecular weight excluding hydrogens is 290 g/mol. The summed E-state index contributed by atoms with van der Waals surface area (Å²) in [7, 11) is 1.92. The summed E-state index contributed by atoms with van der Waals surface area (Å²) in [6.07, 6.45) is 2.71. The molecule has 0 fully saturated rings. The highest BCUT2D eigenvalue weighted by Gasteiger charge is 2.11. The third-order valence-corrected chi connectivity index (χ3v) is 4.34. The molecule has 0 aliphatic heterocycles. The van der Waals surface area contributed by atoms with Crippen molar-refractivity contribution in [1.29, 1.82) is 0 Å². The molecule has 4 heteroatoms. The molecule has 0 saturated heterocycles. The maximum absolute atomic E-state index is 6.26. The number of hydrogen-bond donors (Lipinski definition) is 1. The molecule has 0 radical (unpaired) electrons. The van der Waals surface area contributed by atoms with E-state index < -0.39 is 0 Å². The number of halogens is 1. The van der Waals surface area contributed by atoms with Crippen LogP contribution in [0.5, 0.6) is 0 Å². The minimum atomic E-state index is -0.00889. The lowest BCUT2D eigenvalue weighted by atomic mass is 9.99. The minimum absolute atomic E-state index is 0.00889. The second-order valence-corrected chi connectivity index (χ2v) is 5.55. The Morgan fingerprint density at radius 3 is 2.44 bits per heavy atom. The summed E-state index contributed by atoms with van der Waals surface area (Å²) in [5, 5.41) is 4.37. The zero-order valence-electron chi connectivity index (χ0n) is 10.9. The van der Waals surface area contributed by atoms with Gasteiger partial charge in [0.15, 0.2) is 0 Å². The van der Waals surface area contributed by atoms with Crippen LogP contribution in [0.4, 0.5) is 0 Å². The fraction of sp³-hybridized carbons (Fsp3) is 0.357. The van der Waals surface area contributed by atoms with E-state index >= 15 is 0 Å². The molecule has 0 amide bonds. The Balaban J connectivity index is 2.21. The number of aromatic nitrogens is 2. The van der Waals surface area contributed by atoms with Crippen LogP contribution in [0.1, 0.15) is 28.4 Å². The first-order valence-electron chi connectivity index (χ1n) is 5.98. The molecular formula is C14H18BrN3. The maximum Gasteiger partial charge on any atom is 0.0643 e. The summed E-state index contributed by atoms with van der Waals surface area (Å²) in [6.45, 7) is 4.18. The van der Waals surface area contributed by atoms with Gasteiger partial charge in [-0.3, -0.25) is 4.68 Å². The lowest BCUT2D eigenvalue weighted by molar-refractivity contribution is 0.674. The number of benzene rings is 1. The first kappa shape index (κ1) is 13.3. The Hall–Kier alpha value is -1.13. The van der Waals surface area contributed by atoms with E-state index in [2.05, 4.69) is 47.0 Å². The molecule has 18 heavy (non-hydrogen) atoms. The van der Waals surface area contributed by atoms with E-state index in [9.17, 15) is 0 Å². The number of aryl methyl sites for hydroxylation is 3. The van der Waals surface area contributed by atoms with Gasteiger partial charge >= 0.3 is 0 Å². The van der Waals surface area contributed by atoms with Gasteiger partial charge in [-0.1, -0.05) is 28.1 Å². The van der Waals surface area contributed by atoms with Crippen LogP contribution in [-0.2, 0) is 13.5 Å². The van der Waals surface area contributed by atoms with Crippen molar-refractivity contribution >= 4 is 15.9 Å². The standard InChI is InChI=1S/C14H18BrN3/c1-9-6-11(7-10(2)14(9)15)13(16)8-12-4-5-18(3)17-12/h4-7,13H,8,16H2,1-3H3. The van der Waals surface area contributed by atoms with Gasteiger partial charge in [0.1, 0.15) is 0 Å². The van der Waals surface area contributed by atoms with Crippen LogP contribution < -0.4 is 5.73 Å². The smallest absolute Gasteiger partial charge is 0.0643 e. The highest BCUT2D eigenvalue weighted by molar-refractivity contribution is 9.10. The molecule has 1 aromatic carbocycles. The van der Waals surface area contributed by atoms with E-state index in [-0.39, 0.29) is 6.04 Å². The molecule has 0 bridgehead atoms. The van der Waals surface area contributed by atoms with Crippen LogP contribution in [0, 0.1) is 13.8 Å². The molecule has 2 rings (SSSR count). The van der Waals surface area contributed by atoms with Crippen LogP contribution in [0.3, 0.4) is 0 Å². The first-order chi connectivity index (χ1) is 8.47. The minimum Gasteiger partial charge on any atom is -0.324 e. The van der Waals surface area contributed by atoms with Crippen molar-refractivity contribution in [2.24, 2.45) is 12.8 Å². The topological polar surface area (TPSA) is 43.8 Å². The molecule has 96 valence electrons. The first-order valence-corrected chi connectivity index (χ1v) is 6.77. The van der Waals surface area contributed by atoms with E-state index in [0.29, 0.717) is 0 Å². The van der Waals surface area contributed by atoms with E-state index in [1.54, 1.807) is 4.68 Å². The fourth-order valence-corrected chi connectivity index (χ4v) is 2.34. The molecule has 0 spiro atoms. The summed E-state index contributed by atoms with van der Waals surface area (Å²) in [6, 6.07) is 6.29. The summed E-state index contributed by atoms with van der Waals surface area (Å²) in [5.41, 5.74) is 10.9. The zero-order valence-corrected chi connectivity index (χ0v) is 12.5. The van der Waals surface area contributed by atoms with Crippen LogP contribution in [0.2, 0.25) is 0 Å². The summed E-state index contributed by atoms with van der Waals surface area (Å²) >= 11 is 3.58. The van der Waals surface area contributed by atoms with Gasteiger partial charge < -0.3 is 5.73 Å². The maximum atomic E-state index is 6.26. The van der Waals surface area contributed by atoms with Gasteiger partial charge in [0.2, 0.25) is 0 Å². The monoisotopic (exact) mass is 307 g/mol. The van der Waals surface area contributed by atoms with E-state index in [1.807, 2.05) is 19.3 Å². The quantitative estimate of drug-likeness (QED) is 0.947. The normalized spacial score (nSPS) is 12.7. The largest absolute Gasteiger partial charge is 0.324 e. The van der Waals surface area contributed by atoms with Crippen molar-refractivity contribution in [3.05, 3.63) is 51.3 Å². The van der Waals surface area contributed by atoms with E-state index in [1.165, 1.54) is 16.7 Å². The average Bonchev–Trinajstić information content (AvgIpc) is 2.71.